The lowest BCUT2D eigenvalue weighted by atomic mass is 9.73. The summed E-state index contributed by atoms with van der Waals surface area (Å²) in [5.41, 5.74) is 36.4. The molecule has 0 radical (unpaired) electrons. The highest BCUT2D eigenvalue weighted by Gasteiger charge is 2.58. The molecule has 6 aliphatic rings. The van der Waals surface area contributed by atoms with Crippen molar-refractivity contribution in [2.45, 2.75) is 38.5 Å². The van der Waals surface area contributed by atoms with Crippen molar-refractivity contribution in [3.8, 4) is 180 Å². The molecule has 1 unspecified atom stereocenters. The fraction of sp³-hybridized carbons (Fsp3) is 0.0458. The lowest BCUT2D eigenvalue weighted by molar-refractivity contribution is 0.811. The summed E-state index contributed by atoms with van der Waals surface area (Å²) in [5, 5.41) is 3.86. The Balaban J connectivity index is 0.000000111. The Labute approximate surface area is 862 Å². The van der Waals surface area contributed by atoms with Gasteiger partial charge in [0.1, 0.15) is 0 Å². The number of rotatable bonds is 10. The molecule has 0 bridgehead atoms. The highest BCUT2D eigenvalue weighted by molar-refractivity contribution is 7.21. The third-order valence-electron chi connectivity index (χ3n) is 29.4. The number of benzene rings is 15. The topological polar surface area (TPSA) is 168 Å². The minimum atomic E-state index is -0.445. The zero-order valence-electron chi connectivity index (χ0n) is 76.8. The number of hydrogen-bond donors (Lipinski definition) is 0. The molecule has 10 heterocycles. The van der Waals surface area contributed by atoms with Crippen LogP contribution in [0.25, 0.3) is 211 Å². The fourth-order valence-electron chi connectivity index (χ4n) is 23.6. The number of aromatic nitrogens is 13. The first-order valence-corrected chi connectivity index (χ1v) is 50.6. The summed E-state index contributed by atoms with van der Waals surface area (Å²) in [4.78, 5) is 67.0. The summed E-state index contributed by atoms with van der Waals surface area (Å²) < 4.78 is 3.89. The average Bonchev–Trinajstić information content (AvgIpc) is 1.51. The van der Waals surface area contributed by atoms with Crippen LogP contribution in [-0.4, -0.2) is 64.8 Å². The summed E-state index contributed by atoms with van der Waals surface area (Å²) in [6.07, 6.45) is 14.2. The van der Waals surface area contributed by atoms with Crippen LogP contribution in [0.15, 0.2) is 456 Å². The van der Waals surface area contributed by atoms with Crippen LogP contribution in [0.1, 0.15) is 87.0 Å². The summed E-state index contributed by atoms with van der Waals surface area (Å²) in [7, 11) is 0. The van der Waals surface area contributed by atoms with Gasteiger partial charge in [-0.1, -0.05) is 350 Å². The Morgan fingerprint density at radius 2 is 0.442 bits per heavy atom. The van der Waals surface area contributed by atoms with Crippen LogP contribution in [-0.2, 0) is 16.2 Å². The van der Waals surface area contributed by atoms with Crippen LogP contribution in [0, 0.1) is 0 Å². The Morgan fingerprint density at radius 1 is 0.156 bits per heavy atom. The summed E-state index contributed by atoms with van der Waals surface area (Å²) in [6, 6.07) is 145. The van der Waals surface area contributed by atoms with Gasteiger partial charge >= 0.3 is 0 Å². The van der Waals surface area contributed by atoms with Gasteiger partial charge in [0, 0.05) is 161 Å². The molecule has 16 heteroatoms. The Morgan fingerprint density at radius 3 is 0.891 bits per heavy atom. The van der Waals surface area contributed by atoms with E-state index in [9.17, 15) is 0 Å². The molecule has 10 aromatic heterocycles. The summed E-state index contributed by atoms with van der Waals surface area (Å²) in [5.74, 6) is 5.60. The number of pyridine rings is 4. The van der Waals surface area contributed by atoms with Crippen molar-refractivity contribution in [3.63, 3.8) is 0 Å². The molecule has 6 aliphatic carbocycles. The van der Waals surface area contributed by atoms with Gasteiger partial charge < -0.3 is 0 Å². The highest BCUT2D eigenvalue weighted by atomic mass is 32.1. The molecular weight excluding hydrogens is 1850 g/mol. The van der Waals surface area contributed by atoms with Gasteiger partial charge in [-0.15, -0.1) is 34.0 Å². The molecule has 31 rings (SSSR count). The Kier molecular flexibility index (Phi) is 21.4. The molecular formula is C131H87N13S3. The van der Waals surface area contributed by atoms with Crippen LogP contribution in [0.2, 0.25) is 0 Å². The number of thiophene rings is 3. The van der Waals surface area contributed by atoms with Crippen molar-refractivity contribution in [2.75, 3.05) is 0 Å². The normalized spacial score (nSPS) is 13.7. The lowest BCUT2D eigenvalue weighted by Crippen LogP contribution is -2.24. The number of fused-ring (bicyclic) bond motifs is 36. The summed E-state index contributed by atoms with van der Waals surface area (Å²) in [6.45, 7) is 0. The molecule has 3 spiro atoms. The highest BCUT2D eigenvalue weighted by Crippen LogP contribution is 2.71. The molecule has 25 aromatic rings. The van der Waals surface area contributed by atoms with Gasteiger partial charge in [-0.25, -0.2) is 44.9 Å². The maximum Gasteiger partial charge on any atom is 0.165 e. The van der Waals surface area contributed by atoms with Crippen LogP contribution in [0.5, 0.6) is 0 Å². The van der Waals surface area contributed by atoms with Gasteiger partial charge in [0.05, 0.1) is 16.2 Å². The first-order chi connectivity index (χ1) is 71.4. The Bertz CT molecular complexity index is 9360. The Hall–Kier alpha value is -18.2. The molecule has 0 fully saturated rings. The molecule has 1 atom stereocenters. The zero-order valence-corrected chi connectivity index (χ0v) is 79.3. The quantitative estimate of drug-likeness (QED) is 0.127. The number of nitrogens with zero attached hydrogens (tertiary/aromatic N) is 13. The van der Waals surface area contributed by atoms with Crippen LogP contribution in [0.3, 0.4) is 0 Å². The standard InChI is InChI=1S/C48H29N3S.2C40H23N5S.3CH4/c1-3-15-30(16-4-1)32-19-13-20-33(29-32)46-49-45(31-17-5-2-6-18-31)50-47(51-46)37-24-14-27-40-42(37)34-21-7-10-25-38(34)48(40)39-26-11-8-22-35(39)43-36-23-9-12-28-41(36)52-44(43)48;1-4-16-30-26(12-1)27-13-2-5-17-31(27)40(30)32-18-7-15-29(34(32)35-28-14-3-6-19-33(28)46-36(35)40)39-44-37(24-10-8-20-41-22-24)43-38(45-39)25-11-9-21-42-23-25;1-4-10-31-27(7-1)28-8-2-5-11-32(28)40(31)33-14-13-26(23-30(33)35-29-9-3-6-12-34(29)46-36(35)40)39-44-37(24-15-19-41-20-16-24)43-38(45-39)25-17-21-42-22-18-25;;;/h1-29H;2*1-23H;3*1H4. The van der Waals surface area contributed by atoms with E-state index < -0.39 is 10.8 Å². The smallest absolute Gasteiger partial charge is 0.165 e. The van der Waals surface area contributed by atoms with E-state index in [1.54, 1.807) is 49.6 Å². The molecule has 694 valence electrons. The third kappa shape index (κ3) is 13.5. The van der Waals surface area contributed by atoms with Crippen molar-refractivity contribution in [2.24, 2.45) is 0 Å². The third-order valence-corrected chi connectivity index (χ3v) is 33.3. The molecule has 0 amide bonds. The van der Waals surface area contributed by atoms with Crippen molar-refractivity contribution in [1.82, 2.24) is 64.8 Å². The van der Waals surface area contributed by atoms with E-state index in [1.807, 2.05) is 107 Å². The van der Waals surface area contributed by atoms with Gasteiger partial charge in [0.2, 0.25) is 0 Å². The minimum absolute atomic E-state index is 0. The molecule has 13 nitrogen and oxygen atoms in total. The maximum absolute atomic E-state index is 5.30. The van der Waals surface area contributed by atoms with Gasteiger partial charge in [-0.2, -0.15) is 0 Å². The van der Waals surface area contributed by atoms with Crippen molar-refractivity contribution < 1.29 is 0 Å². The minimum Gasteiger partial charge on any atom is -0.265 e. The fourth-order valence-corrected chi connectivity index (χ4v) is 27.9. The van der Waals surface area contributed by atoms with Gasteiger partial charge in [0.25, 0.3) is 0 Å². The molecule has 15 aromatic carbocycles. The monoisotopic (exact) mass is 1940 g/mol. The SMILES string of the molecule is C.C.C.c1ccc(-c2cccc(-c3nc(-c4ccccc4)nc(-c4cccc5c4-c4ccccc4C54c5ccccc5-c5c4sc4ccccc54)n3)c2)cc1.c1ccc2c(c1)-c1ccccc1C21c2ccc(-c3nc(-c4ccncc4)nc(-c4ccncc4)n3)cc2-c2c1sc1ccccc21.c1cncc(-c2nc(-c3cccnc3)nc(-c3cccc4c3-c3c(sc5ccccc35)C43c4ccccc4-c4ccccc43)n2)c1. The second kappa shape index (κ2) is 35.4. The van der Waals surface area contributed by atoms with Crippen molar-refractivity contribution in [1.29, 1.82) is 0 Å². The van der Waals surface area contributed by atoms with E-state index in [0.717, 1.165) is 61.2 Å². The van der Waals surface area contributed by atoms with Gasteiger partial charge in [0.15, 0.2) is 52.4 Å². The van der Waals surface area contributed by atoms with E-state index in [2.05, 4.69) is 354 Å². The van der Waals surface area contributed by atoms with E-state index >= 15 is 0 Å². The second-order valence-corrected chi connectivity index (χ2v) is 40.0. The zero-order chi connectivity index (χ0) is 94.7. The predicted molar refractivity (Wildman–Crippen MR) is 600 cm³/mol. The van der Waals surface area contributed by atoms with E-state index in [1.165, 1.54) is 162 Å². The molecule has 0 N–H and O–H groups in total. The molecule has 0 aliphatic heterocycles. The van der Waals surface area contributed by atoms with Crippen LogP contribution >= 0.6 is 34.0 Å². The molecule has 147 heavy (non-hydrogen) atoms. The van der Waals surface area contributed by atoms with Crippen LogP contribution < -0.4 is 0 Å². The first-order valence-electron chi connectivity index (χ1n) is 48.1. The van der Waals surface area contributed by atoms with Crippen LogP contribution in [0.4, 0.5) is 0 Å². The van der Waals surface area contributed by atoms with E-state index in [0.29, 0.717) is 52.4 Å². The van der Waals surface area contributed by atoms with E-state index in [4.69, 9.17) is 44.9 Å². The second-order valence-electron chi connectivity index (χ2n) is 36.8. The van der Waals surface area contributed by atoms with E-state index in [-0.39, 0.29) is 27.7 Å². The first kappa shape index (κ1) is 88.9. The van der Waals surface area contributed by atoms with Gasteiger partial charge in [-0.3, -0.25) is 19.9 Å². The molecule has 0 saturated heterocycles. The largest absolute Gasteiger partial charge is 0.265 e. The van der Waals surface area contributed by atoms with Crippen molar-refractivity contribution in [3.05, 3.63) is 521 Å². The van der Waals surface area contributed by atoms with Crippen molar-refractivity contribution >= 4 is 64.3 Å². The predicted octanol–water partition coefficient (Wildman–Crippen LogP) is 32.4. The summed E-state index contributed by atoms with van der Waals surface area (Å²) >= 11 is 5.74. The number of hydrogen-bond acceptors (Lipinski definition) is 16. The molecule has 0 saturated carbocycles. The van der Waals surface area contributed by atoms with Gasteiger partial charge in [-0.05, 0) is 190 Å². The maximum atomic E-state index is 5.30. The lowest BCUT2D eigenvalue weighted by Gasteiger charge is -2.29. The average molecular weight is 1940 g/mol.